The number of Topliss-reactive ketones (excluding diaryl/α,β-unsaturated/α-hetero) is 1. The van der Waals surface area contributed by atoms with Crippen molar-refractivity contribution in [2.45, 2.75) is 76.9 Å². The number of ether oxygens (including phenoxy) is 2. The molecule has 6 nitrogen and oxygen atoms in total. The van der Waals surface area contributed by atoms with Crippen LogP contribution in [0, 0.1) is 17.7 Å². The van der Waals surface area contributed by atoms with Gasteiger partial charge in [-0.25, -0.2) is 4.39 Å². The number of nitrogens with zero attached hydrogens (tertiary/aromatic N) is 1. The minimum absolute atomic E-state index is 0.0389. The number of fused-ring (bicyclic) bond motifs is 2. The standard InChI is InChI=1S/C32H38FNO5/c1-32(2)9-7-23-12-21(15-26(33)29(23)32)16-27(35)30-25-6-5-19(18-38-3)11-22(25)8-10-34(30)31(37)24-13-20(14-24)17-28(36)39-4/h5-6,11-12,15,20,24,30H,7-10,13-14,16-18H2,1-4H3/t20?,24?,30-/m1/s1. The molecular weight excluding hydrogens is 497 g/mol. The van der Waals surface area contributed by atoms with Crippen LogP contribution in [0.2, 0.25) is 0 Å². The number of amides is 1. The zero-order chi connectivity index (χ0) is 27.9. The summed E-state index contributed by atoms with van der Waals surface area (Å²) in [5.41, 5.74) is 5.10. The summed E-state index contributed by atoms with van der Waals surface area (Å²) in [4.78, 5) is 41.0. The Morgan fingerprint density at radius 2 is 1.77 bits per heavy atom. The smallest absolute Gasteiger partial charge is 0.305 e. The van der Waals surface area contributed by atoms with E-state index in [2.05, 4.69) is 19.9 Å². The minimum atomic E-state index is -0.717. The van der Waals surface area contributed by atoms with Crippen LogP contribution < -0.4 is 0 Å². The molecule has 0 bridgehead atoms. The van der Waals surface area contributed by atoms with Gasteiger partial charge in [-0.15, -0.1) is 0 Å². The summed E-state index contributed by atoms with van der Waals surface area (Å²) in [5, 5.41) is 0. The summed E-state index contributed by atoms with van der Waals surface area (Å²) in [7, 11) is 3.02. The van der Waals surface area contributed by atoms with Crippen LogP contribution in [0.3, 0.4) is 0 Å². The van der Waals surface area contributed by atoms with Gasteiger partial charge in [0.2, 0.25) is 5.91 Å². The lowest BCUT2D eigenvalue weighted by atomic mass is 9.72. The van der Waals surface area contributed by atoms with Gasteiger partial charge in [-0.3, -0.25) is 14.4 Å². The first-order valence-corrected chi connectivity index (χ1v) is 13.9. The SMILES string of the molecule is COCc1ccc2c(c1)CCN(C(=O)C1CC(CC(=O)OC)C1)[C@H]2C(=O)Cc1cc(F)c2c(c1)CCC2(C)C. The Balaban J connectivity index is 1.40. The molecule has 0 saturated heterocycles. The quantitative estimate of drug-likeness (QED) is 0.444. The Morgan fingerprint density at radius 1 is 1.03 bits per heavy atom. The summed E-state index contributed by atoms with van der Waals surface area (Å²) in [5.74, 6) is -0.724. The van der Waals surface area contributed by atoms with Gasteiger partial charge >= 0.3 is 5.97 Å². The van der Waals surface area contributed by atoms with Crippen LogP contribution in [-0.2, 0) is 55.1 Å². The lowest BCUT2D eigenvalue weighted by Gasteiger charge is -2.42. The van der Waals surface area contributed by atoms with Crippen LogP contribution in [0.4, 0.5) is 4.39 Å². The molecule has 1 amide bonds. The maximum atomic E-state index is 15.2. The van der Waals surface area contributed by atoms with Gasteiger partial charge in [0.05, 0.1) is 13.7 Å². The Hall–Kier alpha value is -3.06. The fraction of sp³-hybridized carbons (Fsp3) is 0.531. The second-order valence-electron chi connectivity index (χ2n) is 12.1. The lowest BCUT2D eigenvalue weighted by molar-refractivity contribution is -0.150. The molecule has 0 radical (unpaired) electrons. The summed E-state index contributed by atoms with van der Waals surface area (Å²) in [6.45, 7) is 5.04. The third kappa shape index (κ3) is 5.38. The number of carbonyl (C=O) groups is 3. The zero-order valence-electron chi connectivity index (χ0n) is 23.3. The van der Waals surface area contributed by atoms with Gasteiger partial charge in [0.15, 0.2) is 5.78 Å². The first kappa shape index (κ1) is 27.5. The predicted molar refractivity (Wildman–Crippen MR) is 145 cm³/mol. The van der Waals surface area contributed by atoms with Crippen molar-refractivity contribution >= 4 is 17.7 Å². The first-order valence-electron chi connectivity index (χ1n) is 13.9. The largest absolute Gasteiger partial charge is 0.469 e. The molecule has 1 saturated carbocycles. The number of carbonyl (C=O) groups excluding carboxylic acids is 3. The molecule has 1 heterocycles. The summed E-state index contributed by atoms with van der Waals surface area (Å²) in [6, 6.07) is 8.72. The minimum Gasteiger partial charge on any atom is -0.469 e. The Kier molecular flexibility index (Phi) is 7.64. The van der Waals surface area contributed by atoms with Crippen LogP contribution in [-0.4, -0.2) is 43.3 Å². The molecule has 5 rings (SSSR count). The molecule has 2 aromatic carbocycles. The van der Waals surface area contributed by atoms with Gasteiger partial charge in [0, 0.05) is 32.4 Å². The van der Waals surface area contributed by atoms with Crippen molar-refractivity contribution in [2.24, 2.45) is 11.8 Å². The van der Waals surface area contributed by atoms with E-state index >= 15 is 4.39 Å². The molecule has 1 fully saturated rings. The molecule has 0 N–H and O–H groups in total. The average Bonchev–Trinajstić information content (AvgIpc) is 3.19. The highest BCUT2D eigenvalue weighted by molar-refractivity contribution is 5.93. The van der Waals surface area contributed by atoms with Crippen molar-refractivity contribution in [3.63, 3.8) is 0 Å². The third-order valence-corrected chi connectivity index (χ3v) is 8.91. The fourth-order valence-corrected chi connectivity index (χ4v) is 6.83. The van der Waals surface area contributed by atoms with Crippen LogP contribution >= 0.6 is 0 Å². The van der Waals surface area contributed by atoms with Gasteiger partial charge in [-0.1, -0.05) is 38.1 Å². The van der Waals surface area contributed by atoms with Crippen LogP contribution in [0.25, 0.3) is 0 Å². The molecule has 7 heteroatoms. The molecule has 0 spiro atoms. The summed E-state index contributed by atoms with van der Waals surface area (Å²) in [6.07, 6.45) is 3.96. The van der Waals surface area contributed by atoms with Crippen molar-refractivity contribution in [3.05, 3.63) is 69.5 Å². The second kappa shape index (κ2) is 10.8. The van der Waals surface area contributed by atoms with Crippen molar-refractivity contribution in [1.82, 2.24) is 4.90 Å². The maximum Gasteiger partial charge on any atom is 0.305 e. The molecule has 1 aliphatic heterocycles. The second-order valence-corrected chi connectivity index (χ2v) is 12.1. The molecule has 2 aromatic rings. The predicted octanol–water partition coefficient (Wildman–Crippen LogP) is 5.02. The number of rotatable bonds is 8. The number of hydrogen-bond donors (Lipinski definition) is 0. The van der Waals surface area contributed by atoms with Gasteiger partial charge in [-0.05, 0) is 82.9 Å². The van der Waals surface area contributed by atoms with Crippen molar-refractivity contribution in [3.8, 4) is 0 Å². The maximum absolute atomic E-state index is 15.2. The number of ketones is 1. The number of hydrogen-bond acceptors (Lipinski definition) is 5. The molecule has 0 unspecified atom stereocenters. The summed E-state index contributed by atoms with van der Waals surface area (Å²) < 4.78 is 25.3. The van der Waals surface area contributed by atoms with Gasteiger partial charge in [-0.2, -0.15) is 0 Å². The number of benzene rings is 2. The topological polar surface area (TPSA) is 72.9 Å². The van der Waals surface area contributed by atoms with E-state index in [4.69, 9.17) is 9.47 Å². The van der Waals surface area contributed by atoms with Gasteiger partial charge < -0.3 is 14.4 Å². The normalized spacial score (nSPS) is 23.0. The van der Waals surface area contributed by atoms with Crippen molar-refractivity contribution < 1.29 is 28.2 Å². The van der Waals surface area contributed by atoms with E-state index in [1.165, 1.54) is 13.2 Å². The molecule has 1 atom stereocenters. The highest BCUT2D eigenvalue weighted by Crippen LogP contribution is 2.42. The molecule has 3 aliphatic rings. The van der Waals surface area contributed by atoms with Gasteiger partial charge in [0.1, 0.15) is 11.9 Å². The number of esters is 1. The van der Waals surface area contributed by atoms with Gasteiger partial charge in [0.25, 0.3) is 0 Å². The Bertz CT molecular complexity index is 1300. The molecule has 0 aromatic heterocycles. The van der Waals surface area contributed by atoms with E-state index in [9.17, 15) is 14.4 Å². The van der Waals surface area contributed by atoms with E-state index < -0.39 is 6.04 Å². The molecule has 39 heavy (non-hydrogen) atoms. The number of aryl methyl sites for hydroxylation is 1. The van der Waals surface area contributed by atoms with Crippen LogP contribution in [0.1, 0.15) is 79.0 Å². The van der Waals surface area contributed by atoms with Crippen LogP contribution in [0.5, 0.6) is 0 Å². The van der Waals surface area contributed by atoms with Crippen molar-refractivity contribution in [1.29, 1.82) is 0 Å². The highest BCUT2D eigenvalue weighted by Gasteiger charge is 2.43. The van der Waals surface area contributed by atoms with E-state index in [0.717, 1.165) is 40.7 Å². The Morgan fingerprint density at radius 3 is 2.49 bits per heavy atom. The third-order valence-electron chi connectivity index (χ3n) is 8.91. The van der Waals surface area contributed by atoms with E-state index in [0.29, 0.717) is 44.4 Å². The number of methoxy groups -OCH3 is 2. The highest BCUT2D eigenvalue weighted by atomic mass is 19.1. The molecule has 2 aliphatic carbocycles. The number of halogens is 1. The zero-order valence-corrected chi connectivity index (χ0v) is 23.3. The van der Waals surface area contributed by atoms with Crippen molar-refractivity contribution in [2.75, 3.05) is 20.8 Å². The fourth-order valence-electron chi connectivity index (χ4n) is 6.83. The lowest BCUT2D eigenvalue weighted by Crippen LogP contribution is -2.49. The van der Waals surface area contributed by atoms with E-state index in [1.807, 2.05) is 18.2 Å². The first-order chi connectivity index (χ1) is 18.6. The monoisotopic (exact) mass is 535 g/mol. The summed E-state index contributed by atoms with van der Waals surface area (Å²) >= 11 is 0. The van der Waals surface area contributed by atoms with Crippen LogP contribution in [0.15, 0.2) is 30.3 Å². The molecular formula is C32H38FNO5. The van der Waals surface area contributed by atoms with E-state index in [-0.39, 0.29) is 47.1 Å². The average molecular weight is 536 g/mol. The molecule has 208 valence electrons. The van der Waals surface area contributed by atoms with E-state index in [1.54, 1.807) is 12.0 Å². The Labute approximate surface area is 229 Å².